The smallest absolute Gasteiger partial charge is 0.238 e. The first kappa shape index (κ1) is 15.9. The van der Waals surface area contributed by atoms with Crippen LogP contribution in [0.5, 0.6) is 0 Å². The molecule has 0 aromatic heterocycles. The Labute approximate surface area is 127 Å². The molecule has 1 fully saturated rings. The summed E-state index contributed by atoms with van der Waals surface area (Å²) in [6.45, 7) is 9.11. The molecule has 21 heavy (non-hydrogen) atoms. The number of nitrogens with zero attached hydrogens (tertiary/aromatic N) is 2. The third-order valence-corrected chi connectivity index (χ3v) is 4.51. The molecule has 1 aliphatic rings. The van der Waals surface area contributed by atoms with Crippen molar-refractivity contribution < 1.29 is 4.79 Å². The second-order valence-corrected chi connectivity index (χ2v) is 5.84. The van der Waals surface area contributed by atoms with E-state index in [0.717, 1.165) is 32.7 Å². The molecule has 1 aromatic carbocycles. The number of carbonyl (C=O) groups is 1. The predicted octanol–water partition coefficient (Wildman–Crippen LogP) is 0.819. The van der Waals surface area contributed by atoms with E-state index in [1.807, 2.05) is 13.0 Å². The maximum Gasteiger partial charge on any atom is 0.238 e. The van der Waals surface area contributed by atoms with Crippen molar-refractivity contribution >= 4 is 5.91 Å². The Morgan fingerprint density at radius 1 is 1.19 bits per heavy atom. The van der Waals surface area contributed by atoms with Crippen LogP contribution in [0, 0.1) is 5.92 Å². The summed E-state index contributed by atoms with van der Waals surface area (Å²) in [6.07, 6.45) is 0. The summed E-state index contributed by atoms with van der Waals surface area (Å²) in [5, 5.41) is 0. The summed E-state index contributed by atoms with van der Waals surface area (Å²) in [7, 11) is 0. The number of nitrogens with one attached hydrogen (secondary N) is 1. The lowest BCUT2D eigenvalue weighted by Gasteiger charge is -2.39. The highest BCUT2D eigenvalue weighted by atomic mass is 16.2. The number of amides is 1. The zero-order valence-corrected chi connectivity index (χ0v) is 13.0. The Hall–Kier alpha value is -1.43. The van der Waals surface area contributed by atoms with E-state index in [4.69, 9.17) is 5.84 Å². The first-order valence-electron chi connectivity index (χ1n) is 7.62. The summed E-state index contributed by atoms with van der Waals surface area (Å²) in [5.41, 5.74) is 3.61. The molecule has 2 unspecified atom stereocenters. The van der Waals surface area contributed by atoms with Crippen LogP contribution in [0.4, 0.5) is 0 Å². The third kappa shape index (κ3) is 4.27. The molecule has 1 amide bonds. The Balaban J connectivity index is 1.81. The van der Waals surface area contributed by atoms with Crippen molar-refractivity contribution in [2.24, 2.45) is 11.8 Å². The maximum atomic E-state index is 11.6. The molecule has 5 heteroatoms. The number of piperazine rings is 1. The molecule has 0 bridgehead atoms. The van der Waals surface area contributed by atoms with Gasteiger partial charge in [-0.05, 0) is 12.5 Å². The zero-order chi connectivity index (χ0) is 15.2. The average molecular weight is 290 g/mol. The zero-order valence-electron chi connectivity index (χ0n) is 13.0. The minimum absolute atomic E-state index is 0.0873. The van der Waals surface area contributed by atoms with E-state index in [1.165, 1.54) is 5.56 Å². The van der Waals surface area contributed by atoms with Crippen molar-refractivity contribution in [3.8, 4) is 0 Å². The highest BCUT2D eigenvalue weighted by molar-refractivity contribution is 5.78. The quantitative estimate of drug-likeness (QED) is 0.479. The predicted molar refractivity (Wildman–Crippen MR) is 84.2 cm³/mol. The minimum atomic E-state index is -0.0887. The molecule has 0 spiro atoms. The molecule has 1 heterocycles. The summed E-state index contributed by atoms with van der Waals surface area (Å²) in [6, 6.07) is 10.8. The lowest BCUT2D eigenvalue weighted by atomic mass is 10.0. The Morgan fingerprint density at radius 2 is 1.81 bits per heavy atom. The fourth-order valence-corrected chi connectivity index (χ4v) is 2.84. The van der Waals surface area contributed by atoms with Gasteiger partial charge in [-0.1, -0.05) is 37.3 Å². The van der Waals surface area contributed by atoms with Crippen molar-refractivity contribution in [3.63, 3.8) is 0 Å². The van der Waals surface area contributed by atoms with Gasteiger partial charge in [-0.3, -0.25) is 20.0 Å². The average Bonchev–Trinajstić information content (AvgIpc) is 2.54. The van der Waals surface area contributed by atoms with Crippen LogP contribution in [0.15, 0.2) is 30.3 Å². The van der Waals surface area contributed by atoms with E-state index in [9.17, 15) is 4.79 Å². The largest absolute Gasteiger partial charge is 0.297 e. The maximum absolute atomic E-state index is 11.6. The van der Waals surface area contributed by atoms with E-state index in [-0.39, 0.29) is 17.9 Å². The monoisotopic (exact) mass is 290 g/mol. The van der Waals surface area contributed by atoms with E-state index in [0.29, 0.717) is 0 Å². The molecular weight excluding hydrogens is 264 g/mol. The fourth-order valence-electron chi connectivity index (χ4n) is 2.84. The van der Waals surface area contributed by atoms with Crippen molar-refractivity contribution in [3.05, 3.63) is 35.9 Å². The van der Waals surface area contributed by atoms with E-state index in [1.54, 1.807) is 0 Å². The van der Waals surface area contributed by atoms with Crippen molar-refractivity contribution in [2.75, 3.05) is 26.2 Å². The lowest BCUT2D eigenvalue weighted by Crippen LogP contribution is -2.53. The van der Waals surface area contributed by atoms with Crippen molar-refractivity contribution in [1.82, 2.24) is 15.2 Å². The van der Waals surface area contributed by atoms with Crippen LogP contribution >= 0.6 is 0 Å². The molecule has 1 saturated heterocycles. The summed E-state index contributed by atoms with van der Waals surface area (Å²) in [4.78, 5) is 16.5. The van der Waals surface area contributed by atoms with E-state index >= 15 is 0 Å². The van der Waals surface area contributed by atoms with Gasteiger partial charge >= 0.3 is 0 Å². The number of hydrazine groups is 1. The second-order valence-electron chi connectivity index (χ2n) is 5.84. The summed E-state index contributed by atoms with van der Waals surface area (Å²) >= 11 is 0. The Morgan fingerprint density at radius 3 is 2.38 bits per heavy atom. The summed E-state index contributed by atoms with van der Waals surface area (Å²) in [5.74, 6) is 5.05. The number of carbonyl (C=O) groups excluding carboxylic acids is 1. The molecule has 2 atom stereocenters. The second kappa shape index (κ2) is 7.54. The van der Waals surface area contributed by atoms with E-state index in [2.05, 4.69) is 46.4 Å². The first-order chi connectivity index (χ1) is 10.1. The van der Waals surface area contributed by atoms with Crippen LogP contribution in [0.3, 0.4) is 0 Å². The minimum Gasteiger partial charge on any atom is -0.297 e. The molecule has 3 N–H and O–H groups in total. The van der Waals surface area contributed by atoms with Crippen LogP contribution in [-0.2, 0) is 11.3 Å². The number of nitrogens with two attached hydrogens (primary N) is 1. The standard InChI is InChI=1S/C16H26N4O/c1-13(16(21)18-17)14(2)20-10-8-19(9-11-20)12-15-6-4-3-5-7-15/h3-7,13-14H,8-12,17H2,1-2H3,(H,18,21). The van der Waals surface area contributed by atoms with Crippen molar-refractivity contribution in [1.29, 1.82) is 0 Å². The first-order valence-corrected chi connectivity index (χ1v) is 7.62. The van der Waals surface area contributed by atoms with Crippen LogP contribution < -0.4 is 11.3 Å². The van der Waals surface area contributed by atoms with Gasteiger partial charge in [0.05, 0.1) is 5.92 Å². The SMILES string of the molecule is CC(C(=O)NN)C(C)N1CCN(Cc2ccccc2)CC1. The van der Waals surface area contributed by atoms with Gasteiger partial charge in [0, 0.05) is 38.8 Å². The van der Waals surface area contributed by atoms with Gasteiger partial charge < -0.3 is 0 Å². The topological polar surface area (TPSA) is 61.6 Å². The highest BCUT2D eigenvalue weighted by Gasteiger charge is 2.27. The summed E-state index contributed by atoms with van der Waals surface area (Å²) < 4.78 is 0. The molecule has 0 radical (unpaired) electrons. The Kier molecular flexibility index (Phi) is 5.73. The van der Waals surface area contributed by atoms with Crippen molar-refractivity contribution in [2.45, 2.75) is 26.4 Å². The third-order valence-electron chi connectivity index (χ3n) is 4.51. The number of hydrogen-bond acceptors (Lipinski definition) is 4. The fraction of sp³-hybridized carbons (Fsp3) is 0.562. The van der Waals surface area contributed by atoms with Crippen LogP contribution in [0.1, 0.15) is 19.4 Å². The molecule has 1 aromatic rings. The van der Waals surface area contributed by atoms with Crippen LogP contribution in [0.25, 0.3) is 0 Å². The molecular formula is C16H26N4O. The Bertz CT molecular complexity index is 443. The molecule has 5 nitrogen and oxygen atoms in total. The highest BCUT2D eigenvalue weighted by Crippen LogP contribution is 2.15. The van der Waals surface area contributed by atoms with Crippen LogP contribution in [-0.4, -0.2) is 47.9 Å². The number of rotatable bonds is 5. The van der Waals surface area contributed by atoms with Gasteiger partial charge in [-0.2, -0.15) is 0 Å². The van der Waals surface area contributed by atoms with Gasteiger partial charge in [-0.25, -0.2) is 5.84 Å². The van der Waals surface area contributed by atoms with Crippen LogP contribution in [0.2, 0.25) is 0 Å². The molecule has 2 rings (SSSR count). The van der Waals surface area contributed by atoms with Gasteiger partial charge in [-0.15, -0.1) is 0 Å². The van der Waals surface area contributed by atoms with Gasteiger partial charge in [0.15, 0.2) is 0 Å². The molecule has 1 aliphatic heterocycles. The molecule has 0 saturated carbocycles. The van der Waals surface area contributed by atoms with Gasteiger partial charge in [0.25, 0.3) is 0 Å². The molecule has 0 aliphatic carbocycles. The number of hydrogen-bond donors (Lipinski definition) is 2. The number of benzene rings is 1. The van der Waals surface area contributed by atoms with Gasteiger partial charge in [0.2, 0.25) is 5.91 Å². The molecule has 116 valence electrons. The van der Waals surface area contributed by atoms with E-state index < -0.39 is 0 Å². The lowest BCUT2D eigenvalue weighted by molar-refractivity contribution is -0.126. The normalized spacial score (nSPS) is 20.0. The van der Waals surface area contributed by atoms with Gasteiger partial charge in [0.1, 0.15) is 0 Å².